The van der Waals surface area contributed by atoms with Gasteiger partial charge in [-0.05, 0) is 52.6 Å². The number of quaternary nitrogens is 1. The van der Waals surface area contributed by atoms with Crippen molar-refractivity contribution < 1.29 is 33.5 Å². The van der Waals surface area contributed by atoms with Crippen LogP contribution in [-0.2, 0) is 15.3 Å². The molecule has 1 aliphatic rings. The first kappa shape index (κ1) is 24.3. The molecule has 3 rings (SSSR count). The molecule has 0 unspecified atom stereocenters. The molecular weight excluding hydrogens is 424 g/mol. The molecule has 31 heavy (non-hydrogen) atoms. The molecule has 0 saturated heterocycles. The largest absolute Gasteiger partial charge is 0.545 e. The highest BCUT2D eigenvalue weighted by atomic mass is 32.2. The molecular formula is C23H23F2NO4S. The number of hydrogen-bond acceptors (Lipinski definition) is 4. The summed E-state index contributed by atoms with van der Waals surface area (Å²) in [5.41, 5.74) is 4.14. The second-order valence-corrected chi connectivity index (χ2v) is 8.10. The number of fused-ring (bicyclic) bond motifs is 2. The van der Waals surface area contributed by atoms with Crippen molar-refractivity contribution in [3.63, 3.8) is 0 Å². The van der Waals surface area contributed by atoms with Crippen molar-refractivity contribution >= 4 is 29.3 Å². The lowest BCUT2D eigenvalue weighted by molar-refractivity contribution is -0.857. The summed E-state index contributed by atoms with van der Waals surface area (Å²) in [4.78, 5) is 21.3. The van der Waals surface area contributed by atoms with E-state index in [1.54, 1.807) is 23.9 Å². The van der Waals surface area contributed by atoms with E-state index in [4.69, 9.17) is 5.11 Å². The molecule has 0 spiro atoms. The normalized spacial score (nSPS) is 13.9. The second kappa shape index (κ2) is 11.4. The molecule has 2 N–H and O–H groups in total. The first-order valence-electron chi connectivity index (χ1n) is 9.50. The minimum Gasteiger partial charge on any atom is -0.545 e. The molecule has 0 bridgehead atoms. The SMILES string of the molecule is C[NH+](C)CC/C=C1/c2ccc(F)cc2CSc2cc(F)ccc21.O=C([O-])/C=C/C(=O)O. The van der Waals surface area contributed by atoms with Crippen LogP contribution in [-0.4, -0.2) is 37.7 Å². The van der Waals surface area contributed by atoms with E-state index in [2.05, 4.69) is 20.2 Å². The van der Waals surface area contributed by atoms with Crippen LogP contribution in [0, 0.1) is 11.6 Å². The average Bonchev–Trinajstić information content (AvgIpc) is 2.83. The van der Waals surface area contributed by atoms with Crippen LogP contribution in [0.5, 0.6) is 0 Å². The summed E-state index contributed by atoms with van der Waals surface area (Å²) in [6.07, 6.45) is 4.07. The van der Waals surface area contributed by atoms with E-state index in [-0.39, 0.29) is 11.6 Å². The summed E-state index contributed by atoms with van der Waals surface area (Å²) in [7, 11) is 4.24. The average molecular weight is 448 g/mol. The minimum absolute atomic E-state index is 0.224. The van der Waals surface area contributed by atoms with Crippen LogP contribution in [0.3, 0.4) is 0 Å². The Kier molecular flexibility index (Phi) is 8.96. The van der Waals surface area contributed by atoms with Crippen molar-refractivity contribution in [3.8, 4) is 0 Å². The number of carbonyl (C=O) groups is 2. The number of benzene rings is 2. The van der Waals surface area contributed by atoms with Crippen LogP contribution >= 0.6 is 11.8 Å². The Morgan fingerprint density at radius 3 is 2.32 bits per heavy atom. The lowest BCUT2D eigenvalue weighted by atomic mass is 9.93. The smallest absolute Gasteiger partial charge is 0.328 e. The van der Waals surface area contributed by atoms with Crippen molar-refractivity contribution in [2.24, 2.45) is 0 Å². The molecule has 1 heterocycles. The van der Waals surface area contributed by atoms with E-state index in [1.165, 1.54) is 17.0 Å². The maximum atomic E-state index is 13.6. The van der Waals surface area contributed by atoms with Crippen molar-refractivity contribution in [2.75, 3.05) is 20.6 Å². The van der Waals surface area contributed by atoms with Gasteiger partial charge in [-0.1, -0.05) is 18.2 Å². The van der Waals surface area contributed by atoms with Crippen molar-refractivity contribution in [1.82, 2.24) is 0 Å². The van der Waals surface area contributed by atoms with Gasteiger partial charge >= 0.3 is 5.97 Å². The Labute approximate surface area is 183 Å². The van der Waals surface area contributed by atoms with Crippen molar-refractivity contribution in [1.29, 1.82) is 0 Å². The predicted octanol–water partition coefficient (Wildman–Crippen LogP) is 1.91. The molecule has 0 aliphatic carbocycles. The second-order valence-electron chi connectivity index (χ2n) is 7.08. The molecule has 0 radical (unpaired) electrons. The first-order valence-corrected chi connectivity index (χ1v) is 10.5. The zero-order valence-corrected chi connectivity index (χ0v) is 18.0. The van der Waals surface area contributed by atoms with Gasteiger partial charge in [0.2, 0.25) is 0 Å². The molecule has 0 amide bonds. The fourth-order valence-electron chi connectivity index (χ4n) is 2.95. The highest BCUT2D eigenvalue weighted by Gasteiger charge is 2.19. The molecule has 0 fully saturated rings. The summed E-state index contributed by atoms with van der Waals surface area (Å²) in [6.45, 7) is 1.02. The third-order valence-electron chi connectivity index (χ3n) is 4.33. The Balaban J connectivity index is 0.000000366. The number of carbonyl (C=O) groups excluding carboxylic acids is 1. The number of rotatable bonds is 5. The van der Waals surface area contributed by atoms with E-state index in [9.17, 15) is 23.5 Å². The quantitative estimate of drug-likeness (QED) is 0.685. The van der Waals surface area contributed by atoms with Crippen LogP contribution in [0.1, 0.15) is 23.1 Å². The van der Waals surface area contributed by atoms with Crippen LogP contribution in [0.25, 0.3) is 5.57 Å². The van der Waals surface area contributed by atoms with E-state index in [1.807, 2.05) is 12.1 Å². The highest BCUT2D eigenvalue weighted by molar-refractivity contribution is 7.98. The van der Waals surface area contributed by atoms with Gasteiger partial charge in [-0.15, -0.1) is 11.8 Å². The number of thioether (sulfide) groups is 1. The standard InChI is InChI=1S/C19H19F2NS.C4H4O4/c1-22(2)9-3-4-17-16-7-5-14(20)10-13(16)12-23-19-11-15(21)6-8-18(17)19;5-3(6)1-2-4(7)8/h4-8,10-11H,3,9,12H2,1-2H3;1-2H,(H,5,6)(H,7,8)/b17-4-;2-1+. The number of aliphatic carboxylic acids is 2. The summed E-state index contributed by atoms with van der Waals surface area (Å²) in [6, 6.07) is 9.85. The molecule has 1 aliphatic heterocycles. The van der Waals surface area contributed by atoms with Gasteiger partial charge in [0.15, 0.2) is 0 Å². The Hall–Kier alpha value is -2.97. The zero-order valence-electron chi connectivity index (χ0n) is 17.2. The fraction of sp³-hybridized carbons (Fsp3) is 0.217. The highest BCUT2D eigenvalue weighted by Crippen LogP contribution is 2.40. The van der Waals surface area contributed by atoms with Gasteiger partial charge in [0, 0.05) is 23.1 Å². The Morgan fingerprint density at radius 2 is 1.74 bits per heavy atom. The predicted molar refractivity (Wildman–Crippen MR) is 114 cm³/mol. The van der Waals surface area contributed by atoms with Crippen LogP contribution in [0.2, 0.25) is 0 Å². The van der Waals surface area contributed by atoms with Gasteiger partial charge in [0.05, 0.1) is 26.6 Å². The van der Waals surface area contributed by atoms with E-state index < -0.39 is 11.9 Å². The van der Waals surface area contributed by atoms with Gasteiger partial charge in [-0.2, -0.15) is 0 Å². The number of carboxylic acid groups (broad SMARTS) is 2. The van der Waals surface area contributed by atoms with E-state index in [0.717, 1.165) is 40.1 Å². The molecule has 5 nitrogen and oxygen atoms in total. The monoisotopic (exact) mass is 447 g/mol. The third-order valence-corrected chi connectivity index (χ3v) is 5.43. The fourth-order valence-corrected chi connectivity index (χ4v) is 4.03. The number of carboxylic acids is 2. The third kappa shape index (κ3) is 7.66. The van der Waals surface area contributed by atoms with Crippen LogP contribution in [0.4, 0.5) is 8.78 Å². The number of hydrogen-bond donors (Lipinski definition) is 2. The number of halogens is 2. The summed E-state index contributed by atoms with van der Waals surface area (Å²) in [5, 5.41) is 17.2. The maximum Gasteiger partial charge on any atom is 0.328 e. The summed E-state index contributed by atoms with van der Waals surface area (Å²) in [5.74, 6) is -2.61. The van der Waals surface area contributed by atoms with Gasteiger partial charge in [0.1, 0.15) is 11.6 Å². The van der Waals surface area contributed by atoms with E-state index >= 15 is 0 Å². The lowest BCUT2D eigenvalue weighted by Gasteiger charge is -2.12. The first-order chi connectivity index (χ1) is 14.7. The molecule has 2 aromatic rings. The molecule has 164 valence electrons. The summed E-state index contributed by atoms with van der Waals surface area (Å²) < 4.78 is 27.2. The number of nitrogens with one attached hydrogen (secondary N) is 1. The topological polar surface area (TPSA) is 81.9 Å². The van der Waals surface area contributed by atoms with Gasteiger partial charge < -0.3 is 19.9 Å². The molecule has 0 aromatic heterocycles. The van der Waals surface area contributed by atoms with Crippen LogP contribution < -0.4 is 10.0 Å². The van der Waals surface area contributed by atoms with Crippen molar-refractivity contribution in [2.45, 2.75) is 17.1 Å². The van der Waals surface area contributed by atoms with Gasteiger partial charge in [-0.25, -0.2) is 13.6 Å². The summed E-state index contributed by atoms with van der Waals surface area (Å²) >= 11 is 1.57. The minimum atomic E-state index is -1.51. The maximum absolute atomic E-state index is 13.6. The lowest BCUT2D eigenvalue weighted by Crippen LogP contribution is -3.05. The van der Waals surface area contributed by atoms with Crippen LogP contribution in [0.15, 0.2) is 59.5 Å². The molecule has 8 heteroatoms. The van der Waals surface area contributed by atoms with Gasteiger partial charge in [0.25, 0.3) is 0 Å². The Bertz CT molecular complexity index is 947. The van der Waals surface area contributed by atoms with E-state index in [0.29, 0.717) is 17.9 Å². The molecule has 0 saturated carbocycles. The molecule has 2 aromatic carbocycles. The Morgan fingerprint density at radius 1 is 1.10 bits per heavy atom. The van der Waals surface area contributed by atoms with Gasteiger partial charge in [-0.3, -0.25) is 0 Å². The zero-order chi connectivity index (χ0) is 23.0. The molecule has 0 atom stereocenters. The van der Waals surface area contributed by atoms with Crippen molar-refractivity contribution in [3.05, 3.63) is 83.0 Å².